The molecule has 0 bridgehead atoms. The summed E-state index contributed by atoms with van der Waals surface area (Å²) in [5.41, 5.74) is 0. The van der Waals surface area contributed by atoms with Crippen LogP contribution in [-0.4, -0.2) is 38.2 Å². The van der Waals surface area contributed by atoms with E-state index in [1.807, 2.05) is 0 Å². The zero-order valence-corrected chi connectivity index (χ0v) is 15.7. The number of ether oxygens (including phenoxy) is 3. The third-order valence-electron chi connectivity index (χ3n) is 4.60. The van der Waals surface area contributed by atoms with E-state index < -0.39 is 12.1 Å². The smallest absolute Gasteiger partial charge is 0.310 e. The molecule has 1 unspecified atom stereocenters. The molecule has 1 aliphatic rings. The highest BCUT2D eigenvalue weighted by atomic mass is 16.5. The lowest BCUT2D eigenvalue weighted by atomic mass is 9.89. The van der Waals surface area contributed by atoms with Crippen LogP contribution < -0.4 is 14.8 Å². The molecule has 1 atom stereocenters. The molecule has 1 aliphatic carbocycles. The molecular weight excluding hydrogens is 334 g/mol. The van der Waals surface area contributed by atoms with E-state index in [-0.39, 0.29) is 18.9 Å². The van der Waals surface area contributed by atoms with Gasteiger partial charge in [-0.2, -0.15) is 0 Å². The van der Waals surface area contributed by atoms with Crippen molar-refractivity contribution >= 4 is 11.9 Å². The van der Waals surface area contributed by atoms with E-state index >= 15 is 0 Å². The Hall–Kier alpha value is -2.24. The Morgan fingerprint density at radius 1 is 1.12 bits per heavy atom. The van der Waals surface area contributed by atoms with E-state index in [1.54, 1.807) is 38.3 Å². The molecule has 1 saturated carbocycles. The molecular formula is C20H29NO5. The average molecular weight is 363 g/mol. The van der Waals surface area contributed by atoms with Crippen LogP contribution in [0.2, 0.25) is 0 Å². The standard InChI is InChI=1S/C20H29NO5/c1-15(20(23)21-14-16-6-4-3-5-7-16)26-19(22)12-13-25-18-10-8-17(24-2)9-11-18/h8-11,15-16H,3-7,12-14H2,1-2H3,(H,21,23). The monoisotopic (exact) mass is 363 g/mol. The van der Waals surface area contributed by atoms with Crippen LogP contribution in [0.25, 0.3) is 0 Å². The van der Waals surface area contributed by atoms with Crippen LogP contribution in [0.5, 0.6) is 11.5 Å². The minimum Gasteiger partial charge on any atom is -0.497 e. The van der Waals surface area contributed by atoms with Crippen molar-refractivity contribution in [3.05, 3.63) is 24.3 Å². The normalized spacial score (nSPS) is 15.8. The molecule has 26 heavy (non-hydrogen) atoms. The molecule has 1 aromatic rings. The van der Waals surface area contributed by atoms with Crippen molar-refractivity contribution in [3.8, 4) is 11.5 Å². The summed E-state index contributed by atoms with van der Waals surface area (Å²) in [6.07, 6.45) is 5.39. The summed E-state index contributed by atoms with van der Waals surface area (Å²) in [6, 6.07) is 7.11. The van der Waals surface area contributed by atoms with E-state index in [2.05, 4.69) is 5.32 Å². The molecule has 0 radical (unpaired) electrons. The second-order valence-electron chi connectivity index (χ2n) is 6.66. The number of hydrogen-bond acceptors (Lipinski definition) is 5. The highest BCUT2D eigenvalue weighted by Gasteiger charge is 2.20. The van der Waals surface area contributed by atoms with Crippen molar-refractivity contribution in [1.82, 2.24) is 5.32 Å². The maximum absolute atomic E-state index is 12.0. The molecule has 0 heterocycles. The second kappa shape index (κ2) is 10.7. The van der Waals surface area contributed by atoms with E-state index in [9.17, 15) is 9.59 Å². The topological polar surface area (TPSA) is 73.9 Å². The van der Waals surface area contributed by atoms with Gasteiger partial charge < -0.3 is 19.5 Å². The average Bonchev–Trinajstić information content (AvgIpc) is 2.67. The summed E-state index contributed by atoms with van der Waals surface area (Å²) in [4.78, 5) is 23.9. The molecule has 0 aliphatic heterocycles. The summed E-state index contributed by atoms with van der Waals surface area (Å²) < 4.78 is 15.7. The molecule has 0 spiro atoms. The number of methoxy groups -OCH3 is 1. The minimum atomic E-state index is -0.785. The zero-order chi connectivity index (χ0) is 18.8. The molecule has 1 aromatic carbocycles. The molecule has 0 aromatic heterocycles. The Labute approximate surface area is 155 Å². The Bertz CT molecular complexity index is 566. The van der Waals surface area contributed by atoms with Crippen molar-refractivity contribution < 1.29 is 23.8 Å². The predicted octanol–water partition coefficient (Wildman–Crippen LogP) is 3.09. The molecule has 144 valence electrons. The van der Waals surface area contributed by atoms with Gasteiger partial charge in [0.15, 0.2) is 6.10 Å². The first-order valence-electron chi connectivity index (χ1n) is 9.32. The van der Waals surface area contributed by atoms with Crippen LogP contribution in [0.15, 0.2) is 24.3 Å². The third kappa shape index (κ3) is 6.94. The van der Waals surface area contributed by atoms with Crippen LogP contribution in [-0.2, 0) is 14.3 Å². The lowest BCUT2D eigenvalue weighted by Crippen LogP contribution is -2.38. The second-order valence-corrected chi connectivity index (χ2v) is 6.66. The van der Waals surface area contributed by atoms with E-state index in [1.165, 1.54) is 19.3 Å². The van der Waals surface area contributed by atoms with Gasteiger partial charge in [0.25, 0.3) is 5.91 Å². The summed E-state index contributed by atoms with van der Waals surface area (Å²) in [7, 11) is 1.60. The molecule has 0 saturated heterocycles. The van der Waals surface area contributed by atoms with Gasteiger partial charge >= 0.3 is 5.97 Å². The maximum atomic E-state index is 12.0. The number of hydrogen-bond donors (Lipinski definition) is 1. The minimum absolute atomic E-state index is 0.0896. The fraction of sp³-hybridized carbons (Fsp3) is 0.600. The highest BCUT2D eigenvalue weighted by Crippen LogP contribution is 2.22. The summed E-state index contributed by atoms with van der Waals surface area (Å²) >= 11 is 0. The van der Waals surface area contributed by atoms with Crippen molar-refractivity contribution in [3.63, 3.8) is 0 Å². The Morgan fingerprint density at radius 2 is 1.77 bits per heavy atom. The quantitative estimate of drug-likeness (QED) is 0.683. The van der Waals surface area contributed by atoms with Gasteiger partial charge in [-0.15, -0.1) is 0 Å². The zero-order valence-electron chi connectivity index (χ0n) is 15.7. The van der Waals surface area contributed by atoms with Crippen LogP contribution in [0, 0.1) is 5.92 Å². The van der Waals surface area contributed by atoms with Crippen molar-refractivity contribution in [1.29, 1.82) is 0 Å². The Morgan fingerprint density at radius 3 is 2.42 bits per heavy atom. The number of benzene rings is 1. The van der Waals surface area contributed by atoms with Crippen LogP contribution in [0.3, 0.4) is 0 Å². The third-order valence-corrected chi connectivity index (χ3v) is 4.60. The highest BCUT2D eigenvalue weighted by molar-refractivity contribution is 5.83. The first-order chi connectivity index (χ1) is 12.6. The van der Waals surface area contributed by atoms with E-state index in [4.69, 9.17) is 14.2 Å². The van der Waals surface area contributed by atoms with Gasteiger partial charge in [0.2, 0.25) is 0 Å². The van der Waals surface area contributed by atoms with Gasteiger partial charge in [0.05, 0.1) is 20.1 Å². The number of rotatable bonds is 9. The largest absolute Gasteiger partial charge is 0.497 e. The van der Waals surface area contributed by atoms with Crippen molar-refractivity contribution in [2.75, 3.05) is 20.3 Å². The summed E-state index contributed by atoms with van der Waals surface area (Å²) in [5, 5.41) is 2.89. The molecule has 1 amide bonds. The van der Waals surface area contributed by atoms with Crippen LogP contribution in [0.4, 0.5) is 0 Å². The lowest BCUT2D eigenvalue weighted by molar-refractivity contribution is -0.155. The fourth-order valence-electron chi connectivity index (χ4n) is 3.01. The number of nitrogens with one attached hydrogen (secondary N) is 1. The number of carbonyl (C=O) groups excluding carboxylic acids is 2. The van der Waals surface area contributed by atoms with Gasteiger partial charge in [-0.05, 0) is 49.9 Å². The SMILES string of the molecule is COc1ccc(OCCC(=O)OC(C)C(=O)NCC2CCCCC2)cc1. The number of esters is 1. The Balaban J connectivity index is 1.61. The number of carbonyl (C=O) groups is 2. The molecule has 6 heteroatoms. The van der Waals surface area contributed by atoms with Gasteiger partial charge in [-0.25, -0.2) is 0 Å². The van der Waals surface area contributed by atoms with Crippen molar-refractivity contribution in [2.45, 2.75) is 51.6 Å². The van der Waals surface area contributed by atoms with Gasteiger partial charge in [0.1, 0.15) is 11.5 Å². The number of amides is 1. The molecule has 1 fully saturated rings. The van der Waals surface area contributed by atoms with E-state index in [0.29, 0.717) is 18.2 Å². The van der Waals surface area contributed by atoms with Gasteiger partial charge in [-0.3, -0.25) is 9.59 Å². The van der Waals surface area contributed by atoms with Crippen LogP contribution in [0.1, 0.15) is 45.4 Å². The predicted molar refractivity (Wildman–Crippen MR) is 98.2 cm³/mol. The summed E-state index contributed by atoms with van der Waals surface area (Å²) in [5.74, 6) is 1.26. The fourth-order valence-corrected chi connectivity index (χ4v) is 3.01. The Kier molecular flexibility index (Phi) is 8.25. The maximum Gasteiger partial charge on any atom is 0.310 e. The molecule has 1 N–H and O–H groups in total. The van der Waals surface area contributed by atoms with Gasteiger partial charge in [-0.1, -0.05) is 19.3 Å². The van der Waals surface area contributed by atoms with Gasteiger partial charge in [0, 0.05) is 6.54 Å². The molecule has 6 nitrogen and oxygen atoms in total. The first-order valence-corrected chi connectivity index (χ1v) is 9.32. The lowest BCUT2D eigenvalue weighted by Gasteiger charge is -2.22. The summed E-state index contributed by atoms with van der Waals surface area (Å²) in [6.45, 7) is 2.46. The first kappa shape index (κ1) is 20.1. The molecule has 2 rings (SSSR count). The van der Waals surface area contributed by atoms with E-state index in [0.717, 1.165) is 18.6 Å². The van der Waals surface area contributed by atoms with Crippen molar-refractivity contribution in [2.24, 2.45) is 5.92 Å². The van der Waals surface area contributed by atoms with Crippen LogP contribution >= 0.6 is 0 Å².